The van der Waals surface area contributed by atoms with Gasteiger partial charge in [0.15, 0.2) is 0 Å². The third kappa shape index (κ3) is 4.02. The molecule has 0 saturated heterocycles. The second-order valence-electron chi connectivity index (χ2n) is 12.1. The van der Waals surface area contributed by atoms with Crippen molar-refractivity contribution in [1.82, 2.24) is 0 Å². The lowest BCUT2D eigenvalue weighted by Gasteiger charge is -2.60. The predicted molar refractivity (Wildman–Crippen MR) is 128 cm³/mol. The molecule has 0 heterocycles. The van der Waals surface area contributed by atoms with Crippen LogP contribution < -0.4 is 0 Å². The quantitative estimate of drug-likeness (QED) is 0.400. The van der Waals surface area contributed by atoms with Gasteiger partial charge < -0.3 is 0 Å². The van der Waals surface area contributed by atoms with Crippen molar-refractivity contribution >= 4 is 5.78 Å². The SMILES string of the molecule is C[C@]12CCCC[C@H]1CC[C@@H]1[C@@H]2CC[C@]2(C)[C@@H](C(=O)CC#Cc3ccc(C(F)(F)F)cc3)CC[C@@H]12. The molecule has 0 aromatic heterocycles. The fourth-order valence-electron chi connectivity index (χ4n) is 8.92. The normalized spacial score (nSPS) is 39.3. The Morgan fingerprint density at radius 1 is 0.912 bits per heavy atom. The first-order valence-corrected chi connectivity index (χ1v) is 13.3. The summed E-state index contributed by atoms with van der Waals surface area (Å²) in [5.41, 5.74) is 0.448. The molecule has 7 atom stereocenters. The van der Waals surface area contributed by atoms with Crippen LogP contribution in [0.2, 0.25) is 0 Å². The Labute approximate surface area is 202 Å². The zero-order valence-electron chi connectivity index (χ0n) is 20.5. The van der Waals surface area contributed by atoms with Crippen LogP contribution in [0.25, 0.3) is 0 Å². The average molecular weight is 471 g/mol. The van der Waals surface area contributed by atoms with Crippen molar-refractivity contribution in [3.8, 4) is 11.8 Å². The lowest BCUT2D eigenvalue weighted by molar-refractivity contribution is -0.137. The molecule has 0 bridgehead atoms. The van der Waals surface area contributed by atoms with E-state index in [0.717, 1.165) is 42.7 Å². The van der Waals surface area contributed by atoms with Crippen LogP contribution in [0.3, 0.4) is 0 Å². The van der Waals surface area contributed by atoms with Gasteiger partial charge in [0.25, 0.3) is 0 Å². The van der Waals surface area contributed by atoms with Crippen LogP contribution in [-0.4, -0.2) is 5.78 Å². The van der Waals surface area contributed by atoms with Crippen molar-refractivity contribution < 1.29 is 18.0 Å². The second-order valence-corrected chi connectivity index (χ2v) is 12.1. The van der Waals surface area contributed by atoms with Gasteiger partial charge in [-0.1, -0.05) is 38.5 Å². The summed E-state index contributed by atoms with van der Waals surface area (Å²) in [4.78, 5) is 13.3. The molecule has 4 aliphatic carbocycles. The number of fused-ring (bicyclic) bond motifs is 5. The zero-order valence-corrected chi connectivity index (χ0v) is 20.5. The minimum Gasteiger partial charge on any atom is -0.298 e. The number of Topliss-reactive ketones (excluding diaryl/α,β-unsaturated/α-hetero) is 1. The Bertz CT molecular complexity index is 983. The smallest absolute Gasteiger partial charge is 0.298 e. The number of ketones is 1. The highest BCUT2D eigenvalue weighted by Gasteiger charge is 2.60. The van der Waals surface area contributed by atoms with Gasteiger partial charge in [-0.3, -0.25) is 4.79 Å². The standard InChI is InChI=1S/C30H37F3O/c1-28-18-4-3-7-21(28)13-14-23-24-15-16-26(29(24,2)19-17-25(23)28)27(34)8-5-6-20-9-11-22(12-10-20)30(31,32)33/h9-12,21,23-26H,3-4,7-8,13-19H2,1-2H3/t21-,23-,24-,25-,26+,28-,29-/m0/s1. The Kier molecular flexibility index (Phi) is 6.14. The summed E-state index contributed by atoms with van der Waals surface area (Å²) in [7, 11) is 0. The fraction of sp³-hybridized carbons (Fsp3) is 0.700. The van der Waals surface area contributed by atoms with Crippen LogP contribution in [0.15, 0.2) is 24.3 Å². The van der Waals surface area contributed by atoms with Crippen LogP contribution in [0.5, 0.6) is 0 Å². The summed E-state index contributed by atoms with van der Waals surface area (Å²) in [6.07, 6.45) is 8.75. The number of alkyl halides is 3. The molecule has 1 aromatic carbocycles. The maximum atomic E-state index is 13.3. The highest BCUT2D eigenvalue weighted by Crippen LogP contribution is 2.67. The van der Waals surface area contributed by atoms with Gasteiger partial charge >= 0.3 is 6.18 Å². The predicted octanol–water partition coefficient (Wildman–Crippen LogP) is 8.07. The number of carbonyl (C=O) groups is 1. The molecule has 184 valence electrons. The monoisotopic (exact) mass is 470 g/mol. The van der Waals surface area contributed by atoms with Crippen LogP contribution in [0.4, 0.5) is 13.2 Å². The maximum absolute atomic E-state index is 13.3. The summed E-state index contributed by atoms with van der Waals surface area (Å²) in [6.45, 7) is 4.97. The zero-order chi connectivity index (χ0) is 24.1. The lowest BCUT2D eigenvalue weighted by Crippen LogP contribution is -2.53. The first-order valence-electron chi connectivity index (χ1n) is 13.3. The molecule has 0 radical (unpaired) electrons. The van der Waals surface area contributed by atoms with Gasteiger partial charge in [0.2, 0.25) is 0 Å². The number of benzene rings is 1. The average Bonchev–Trinajstić information content (AvgIpc) is 3.15. The van der Waals surface area contributed by atoms with Crippen LogP contribution in [-0.2, 0) is 11.0 Å². The van der Waals surface area contributed by atoms with Gasteiger partial charge in [0.05, 0.1) is 12.0 Å². The van der Waals surface area contributed by atoms with E-state index in [1.807, 2.05) is 0 Å². The first kappa shape index (κ1) is 24.0. The summed E-state index contributed by atoms with van der Waals surface area (Å²) in [5.74, 6) is 9.36. The summed E-state index contributed by atoms with van der Waals surface area (Å²) >= 11 is 0. The molecule has 4 fully saturated rings. The van der Waals surface area contributed by atoms with E-state index < -0.39 is 11.7 Å². The molecule has 1 aromatic rings. The Hall–Kier alpha value is -1.76. The summed E-state index contributed by atoms with van der Waals surface area (Å²) < 4.78 is 38.2. The number of halogens is 3. The number of carbonyl (C=O) groups excluding carboxylic acids is 1. The van der Waals surface area contributed by atoms with E-state index in [9.17, 15) is 18.0 Å². The number of hydrogen-bond donors (Lipinski definition) is 0. The van der Waals surface area contributed by atoms with E-state index in [4.69, 9.17) is 0 Å². The van der Waals surface area contributed by atoms with Crippen molar-refractivity contribution in [2.75, 3.05) is 0 Å². The highest BCUT2D eigenvalue weighted by atomic mass is 19.4. The topological polar surface area (TPSA) is 17.1 Å². The summed E-state index contributed by atoms with van der Waals surface area (Å²) in [5, 5.41) is 0. The second kappa shape index (κ2) is 8.72. The molecule has 4 saturated carbocycles. The molecule has 5 rings (SSSR count). The van der Waals surface area contributed by atoms with Crippen molar-refractivity contribution in [3.63, 3.8) is 0 Å². The number of hydrogen-bond acceptors (Lipinski definition) is 1. The van der Waals surface area contributed by atoms with Gasteiger partial charge in [-0.05, 0) is 110 Å². The molecule has 34 heavy (non-hydrogen) atoms. The third-order valence-electron chi connectivity index (χ3n) is 10.7. The van der Waals surface area contributed by atoms with E-state index in [1.54, 1.807) is 0 Å². The van der Waals surface area contributed by atoms with Crippen molar-refractivity contribution in [2.45, 2.75) is 90.7 Å². The van der Waals surface area contributed by atoms with Crippen LogP contribution in [0.1, 0.15) is 95.6 Å². The largest absolute Gasteiger partial charge is 0.416 e. The molecule has 0 amide bonds. The van der Waals surface area contributed by atoms with E-state index in [0.29, 0.717) is 16.9 Å². The molecule has 0 N–H and O–H groups in total. The third-order valence-corrected chi connectivity index (χ3v) is 10.7. The summed E-state index contributed by atoms with van der Waals surface area (Å²) in [6, 6.07) is 4.87. The molecule has 4 heteroatoms. The van der Waals surface area contributed by atoms with E-state index in [2.05, 4.69) is 25.7 Å². The van der Waals surface area contributed by atoms with Crippen LogP contribution >= 0.6 is 0 Å². The molecule has 0 unspecified atom stereocenters. The maximum Gasteiger partial charge on any atom is 0.416 e. The van der Waals surface area contributed by atoms with Gasteiger partial charge in [-0.2, -0.15) is 13.2 Å². The Morgan fingerprint density at radius 3 is 2.38 bits per heavy atom. The van der Waals surface area contributed by atoms with Gasteiger partial charge in [-0.25, -0.2) is 0 Å². The minimum absolute atomic E-state index is 0.0808. The fourth-order valence-corrected chi connectivity index (χ4v) is 8.92. The molecular formula is C30H37F3O. The van der Waals surface area contributed by atoms with Gasteiger partial charge in [0.1, 0.15) is 5.78 Å². The minimum atomic E-state index is -4.34. The highest BCUT2D eigenvalue weighted by molar-refractivity contribution is 5.84. The van der Waals surface area contributed by atoms with Gasteiger partial charge in [-0.15, -0.1) is 0 Å². The molecular weight excluding hydrogens is 433 g/mol. The number of rotatable bonds is 2. The molecule has 0 aliphatic heterocycles. The van der Waals surface area contributed by atoms with Crippen molar-refractivity contribution in [2.24, 2.45) is 40.4 Å². The Morgan fingerprint density at radius 2 is 1.65 bits per heavy atom. The van der Waals surface area contributed by atoms with E-state index in [1.165, 1.54) is 63.5 Å². The van der Waals surface area contributed by atoms with Gasteiger partial charge in [0, 0.05) is 11.5 Å². The van der Waals surface area contributed by atoms with Crippen LogP contribution in [0, 0.1) is 52.3 Å². The van der Waals surface area contributed by atoms with E-state index in [-0.39, 0.29) is 23.5 Å². The van der Waals surface area contributed by atoms with Crippen molar-refractivity contribution in [1.29, 1.82) is 0 Å². The Balaban J connectivity index is 1.26. The van der Waals surface area contributed by atoms with Crippen molar-refractivity contribution in [3.05, 3.63) is 35.4 Å². The first-order chi connectivity index (χ1) is 16.1. The molecule has 0 spiro atoms. The molecule has 4 aliphatic rings. The lowest BCUT2D eigenvalue weighted by atomic mass is 9.45. The molecule has 1 nitrogen and oxygen atoms in total. The van der Waals surface area contributed by atoms with E-state index >= 15 is 0 Å².